The monoisotopic (exact) mass is 291 g/mol. The van der Waals surface area contributed by atoms with E-state index in [1.165, 1.54) is 0 Å². The van der Waals surface area contributed by atoms with Gasteiger partial charge in [0.1, 0.15) is 11.9 Å². The summed E-state index contributed by atoms with van der Waals surface area (Å²) in [7, 11) is 0. The summed E-state index contributed by atoms with van der Waals surface area (Å²) in [5.41, 5.74) is 1.30. The number of anilines is 1. The lowest BCUT2D eigenvalue weighted by Gasteiger charge is -2.15. The zero-order valence-corrected chi connectivity index (χ0v) is 11.7. The molecule has 0 amide bonds. The van der Waals surface area contributed by atoms with E-state index in [4.69, 9.17) is 28.5 Å². The Morgan fingerprint density at radius 3 is 2.47 bits per heavy atom. The fourth-order valence-electron chi connectivity index (χ4n) is 1.66. The van der Waals surface area contributed by atoms with Gasteiger partial charge in [0.05, 0.1) is 5.02 Å². The van der Waals surface area contributed by atoms with E-state index in [2.05, 4.69) is 10.3 Å². The third kappa shape index (κ3) is 3.37. The minimum Gasteiger partial charge on any atom is -0.364 e. The first kappa shape index (κ1) is 13.7. The number of rotatable bonds is 3. The van der Waals surface area contributed by atoms with Crippen LogP contribution in [0.25, 0.3) is 0 Å². The molecule has 0 bridgehead atoms. The van der Waals surface area contributed by atoms with E-state index >= 15 is 0 Å². The van der Waals surface area contributed by atoms with Crippen molar-refractivity contribution in [2.24, 2.45) is 0 Å². The van der Waals surface area contributed by atoms with Crippen molar-refractivity contribution in [2.75, 3.05) is 5.32 Å². The molecule has 5 heteroatoms. The molecule has 0 saturated heterocycles. The summed E-state index contributed by atoms with van der Waals surface area (Å²) in [4.78, 5) is 4.14. The van der Waals surface area contributed by atoms with Crippen LogP contribution in [0.4, 0.5) is 5.82 Å². The van der Waals surface area contributed by atoms with Crippen molar-refractivity contribution in [2.45, 2.75) is 13.0 Å². The number of hydrogen-bond acceptors (Lipinski definition) is 3. The number of hydrogen-bond donors (Lipinski definition) is 1. The summed E-state index contributed by atoms with van der Waals surface area (Å²) in [6.45, 7) is 2.01. The van der Waals surface area contributed by atoms with E-state index < -0.39 is 0 Å². The normalized spacial score (nSPS) is 11.7. The minimum atomic E-state index is 0.0532. The smallest absolute Gasteiger partial charge is 0.161 e. The van der Waals surface area contributed by atoms with Gasteiger partial charge in [-0.3, -0.25) is 0 Å². The summed E-state index contributed by atoms with van der Waals surface area (Å²) >= 11 is 11.7. The van der Waals surface area contributed by atoms with Crippen molar-refractivity contribution < 1.29 is 0 Å². The van der Waals surface area contributed by atoms with Gasteiger partial charge < -0.3 is 5.32 Å². The first-order valence-electron chi connectivity index (χ1n) is 5.69. The van der Waals surface area contributed by atoms with E-state index in [9.17, 15) is 0 Å². The second-order valence-corrected chi connectivity index (χ2v) is 4.90. The van der Waals surface area contributed by atoms with Gasteiger partial charge in [0.25, 0.3) is 0 Å². The number of pyridine rings is 1. The Labute approximate surface area is 121 Å². The second kappa shape index (κ2) is 5.92. The van der Waals surface area contributed by atoms with Crippen molar-refractivity contribution >= 4 is 29.0 Å². The third-order valence-corrected chi connectivity index (χ3v) is 3.24. The van der Waals surface area contributed by atoms with Gasteiger partial charge in [-0.1, -0.05) is 35.3 Å². The highest BCUT2D eigenvalue weighted by molar-refractivity contribution is 6.31. The molecule has 1 aromatic heterocycles. The van der Waals surface area contributed by atoms with Gasteiger partial charge in [0.15, 0.2) is 5.69 Å². The number of nitrogens with zero attached hydrogens (tertiary/aromatic N) is 2. The summed E-state index contributed by atoms with van der Waals surface area (Å²) in [5, 5.41) is 13.2. The van der Waals surface area contributed by atoms with Crippen molar-refractivity contribution in [1.82, 2.24) is 4.98 Å². The molecular weight excluding hydrogens is 281 g/mol. The highest BCUT2D eigenvalue weighted by atomic mass is 35.5. The van der Waals surface area contributed by atoms with Crippen LogP contribution in [0.2, 0.25) is 10.0 Å². The molecule has 2 rings (SSSR count). The largest absolute Gasteiger partial charge is 0.364 e. The predicted molar refractivity (Wildman–Crippen MR) is 77.5 cm³/mol. The Morgan fingerprint density at radius 1 is 1.16 bits per heavy atom. The molecule has 0 aliphatic heterocycles. The maximum absolute atomic E-state index is 8.89. The van der Waals surface area contributed by atoms with Crippen LogP contribution >= 0.6 is 23.2 Å². The highest BCUT2D eigenvalue weighted by Crippen LogP contribution is 2.22. The topological polar surface area (TPSA) is 48.7 Å². The number of aromatic nitrogens is 1. The Balaban J connectivity index is 2.17. The van der Waals surface area contributed by atoms with E-state index in [1.807, 2.05) is 37.3 Å². The summed E-state index contributed by atoms with van der Waals surface area (Å²) < 4.78 is 0. The standard InChI is InChI=1S/C14H11Cl2N3/c1-9(10-2-4-11(15)5-3-10)18-14-7-6-12(16)13(8-17)19-14/h2-7,9H,1H3,(H,18,19). The molecular formula is C14H11Cl2N3. The summed E-state index contributed by atoms with van der Waals surface area (Å²) in [6.07, 6.45) is 0. The zero-order valence-electron chi connectivity index (χ0n) is 10.2. The van der Waals surface area contributed by atoms with E-state index in [1.54, 1.807) is 12.1 Å². The highest BCUT2D eigenvalue weighted by Gasteiger charge is 2.08. The lowest BCUT2D eigenvalue weighted by molar-refractivity contribution is 0.874. The van der Waals surface area contributed by atoms with Crippen LogP contribution in [0.1, 0.15) is 24.2 Å². The molecule has 2 aromatic rings. The van der Waals surface area contributed by atoms with Crippen LogP contribution in [-0.4, -0.2) is 4.98 Å². The maximum Gasteiger partial charge on any atom is 0.161 e. The van der Waals surface area contributed by atoms with Crippen LogP contribution < -0.4 is 5.32 Å². The molecule has 0 radical (unpaired) electrons. The van der Waals surface area contributed by atoms with Gasteiger partial charge >= 0.3 is 0 Å². The van der Waals surface area contributed by atoms with Crippen molar-refractivity contribution in [3.05, 3.63) is 57.7 Å². The number of nitrogens with one attached hydrogen (secondary N) is 1. The quantitative estimate of drug-likeness (QED) is 0.910. The van der Waals surface area contributed by atoms with Crippen LogP contribution in [0.5, 0.6) is 0 Å². The molecule has 1 aromatic carbocycles. The zero-order chi connectivity index (χ0) is 13.8. The SMILES string of the molecule is CC(Nc1ccc(Cl)c(C#N)n1)c1ccc(Cl)cc1. The van der Waals surface area contributed by atoms with Gasteiger partial charge in [-0.25, -0.2) is 4.98 Å². The molecule has 96 valence electrons. The van der Waals surface area contributed by atoms with E-state index in [-0.39, 0.29) is 11.7 Å². The second-order valence-electron chi connectivity index (χ2n) is 4.06. The molecule has 3 nitrogen and oxygen atoms in total. The third-order valence-electron chi connectivity index (χ3n) is 2.69. The Kier molecular flexibility index (Phi) is 4.26. The van der Waals surface area contributed by atoms with Crippen LogP contribution in [-0.2, 0) is 0 Å². The van der Waals surface area contributed by atoms with E-state index in [0.29, 0.717) is 15.9 Å². The molecule has 0 spiro atoms. The van der Waals surface area contributed by atoms with Crippen molar-refractivity contribution in [1.29, 1.82) is 5.26 Å². The van der Waals surface area contributed by atoms with Gasteiger partial charge in [-0.05, 0) is 36.8 Å². The molecule has 1 heterocycles. The Hall–Kier alpha value is -1.76. The Bertz CT molecular complexity index is 618. The van der Waals surface area contributed by atoms with Crippen LogP contribution in [0.3, 0.4) is 0 Å². The molecule has 0 aliphatic carbocycles. The lowest BCUT2D eigenvalue weighted by atomic mass is 10.1. The molecule has 0 fully saturated rings. The maximum atomic E-state index is 8.89. The first-order chi connectivity index (χ1) is 9.10. The average Bonchev–Trinajstić information content (AvgIpc) is 2.41. The molecule has 1 atom stereocenters. The summed E-state index contributed by atoms with van der Waals surface area (Å²) in [6, 6.07) is 13.0. The van der Waals surface area contributed by atoms with Gasteiger partial charge in [0, 0.05) is 11.1 Å². The minimum absolute atomic E-state index is 0.0532. The number of halogens is 2. The summed E-state index contributed by atoms with van der Waals surface area (Å²) in [5.74, 6) is 0.614. The molecule has 0 saturated carbocycles. The first-order valence-corrected chi connectivity index (χ1v) is 6.44. The van der Waals surface area contributed by atoms with Crippen molar-refractivity contribution in [3.8, 4) is 6.07 Å². The average molecular weight is 292 g/mol. The molecule has 1 unspecified atom stereocenters. The van der Waals surface area contributed by atoms with Gasteiger partial charge in [0.2, 0.25) is 0 Å². The van der Waals surface area contributed by atoms with Crippen molar-refractivity contribution in [3.63, 3.8) is 0 Å². The lowest BCUT2D eigenvalue weighted by Crippen LogP contribution is -2.08. The number of nitriles is 1. The molecule has 19 heavy (non-hydrogen) atoms. The Morgan fingerprint density at radius 2 is 1.84 bits per heavy atom. The van der Waals surface area contributed by atoms with Crippen LogP contribution in [0.15, 0.2) is 36.4 Å². The van der Waals surface area contributed by atoms with Crippen LogP contribution in [0, 0.1) is 11.3 Å². The fraction of sp³-hybridized carbons (Fsp3) is 0.143. The predicted octanol–water partition coefficient (Wildman–Crippen LogP) is 4.43. The van der Waals surface area contributed by atoms with E-state index in [0.717, 1.165) is 5.56 Å². The molecule has 1 N–H and O–H groups in total. The van der Waals surface area contributed by atoms with Gasteiger partial charge in [-0.15, -0.1) is 0 Å². The van der Waals surface area contributed by atoms with Gasteiger partial charge in [-0.2, -0.15) is 5.26 Å². The fourth-order valence-corrected chi connectivity index (χ4v) is 1.93. The number of benzene rings is 1. The molecule has 0 aliphatic rings.